The fourth-order valence-electron chi connectivity index (χ4n) is 3.97. The van der Waals surface area contributed by atoms with Crippen LogP contribution in [0, 0.1) is 11.6 Å². The Morgan fingerprint density at radius 3 is 2.32 bits per heavy atom. The minimum atomic E-state index is -0.543. The van der Waals surface area contributed by atoms with Crippen LogP contribution in [0.4, 0.5) is 8.78 Å². The van der Waals surface area contributed by atoms with Gasteiger partial charge in [0.15, 0.2) is 5.78 Å². The maximum Gasteiger partial charge on any atom is 0.336 e. The van der Waals surface area contributed by atoms with Gasteiger partial charge < -0.3 is 10.1 Å². The fraction of sp³-hybridized carbons (Fsp3) is 0.240. The van der Waals surface area contributed by atoms with Gasteiger partial charge in [0.1, 0.15) is 17.9 Å². The molecule has 1 aliphatic carbocycles. The van der Waals surface area contributed by atoms with Crippen molar-refractivity contribution in [1.29, 1.82) is 0 Å². The second-order valence-corrected chi connectivity index (χ2v) is 9.43. The van der Waals surface area contributed by atoms with Gasteiger partial charge in [-0.1, -0.05) is 6.07 Å². The number of esters is 1. The first-order valence-corrected chi connectivity index (χ1v) is 11.9. The summed E-state index contributed by atoms with van der Waals surface area (Å²) in [6.45, 7) is 1.79. The Balaban J connectivity index is 0.000000271. The van der Waals surface area contributed by atoms with Crippen molar-refractivity contribution in [3.63, 3.8) is 0 Å². The molecule has 4 rings (SSSR count). The summed E-state index contributed by atoms with van der Waals surface area (Å²) in [7, 11) is 1.31. The molecule has 1 aliphatic heterocycles. The van der Waals surface area contributed by atoms with Crippen molar-refractivity contribution in [2.75, 3.05) is 7.11 Å². The van der Waals surface area contributed by atoms with Crippen LogP contribution in [0.1, 0.15) is 48.0 Å². The summed E-state index contributed by atoms with van der Waals surface area (Å²) < 4.78 is 31.6. The Labute approximate surface area is 212 Å². The lowest BCUT2D eigenvalue weighted by molar-refractivity contribution is -0.136. The molecule has 2 aliphatic rings. The molecule has 1 unspecified atom stereocenters. The molecule has 34 heavy (non-hydrogen) atoms. The molecule has 0 saturated heterocycles. The van der Waals surface area contributed by atoms with Crippen LogP contribution in [-0.2, 0) is 14.3 Å². The van der Waals surface area contributed by atoms with E-state index in [1.807, 2.05) is 0 Å². The number of nitrogens with one attached hydrogen (secondary N) is 1. The first-order valence-electron chi connectivity index (χ1n) is 10.4. The third-order valence-corrected chi connectivity index (χ3v) is 6.75. The number of dihydropyridines is 1. The standard InChI is InChI=1S/C18H17BrFNO3.C7H4BrFO/c1-9-15(18(23)24-2)16(10-6-7-12(20)11(19)8-10)17-13(21-9)4-3-5-14(17)22;8-6-3-5(4-10)1-2-7(6)9/h6-8,16,21H,3-5H2,1-2H3;1-4H. The lowest BCUT2D eigenvalue weighted by Gasteiger charge is -2.34. The third kappa shape index (κ3) is 5.52. The number of benzene rings is 2. The topological polar surface area (TPSA) is 72.5 Å². The molecule has 1 heterocycles. The molecule has 5 nitrogen and oxygen atoms in total. The summed E-state index contributed by atoms with van der Waals surface area (Å²) in [6, 6.07) is 8.66. The molecule has 0 amide bonds. The van der Waals surface area contributed by atoms with Gasteiger partial charge in [0.2, 0.25) is 0 Å². The van der Waals surface area contributed by atoms with Crippen molar-refractivity contribution in [3.8, 4) is 0 Å². The zero-order chi connectivity index (χ0) is 25.0. The first-order chi connectivity index (χ1) is 16.2. The van der Waals surface area contributed by atoms with E-state index in [1.165, 1.54) is 31.4 Å². The van der Waals surface area contributed by atoms with Crippen LogP contribution in [0.5, 0.6) is 0 Å². The second kappa shape index (κ2) is 11.2. The average molecular weight is 597 g/mol. The number of aldehydes is 1. The van der Waals surface area contributed by atoms with Gasteiger partial charge in [0.25, 0.3) is 0 Å². The van der Waals surface area contributed by atoms with Crippen molar-refractivity contribution in [1.82, 2.24) is 5.32 Å². The normalized spacial score (nSPS) is 17.4. The molecule has 178 valence electrons. The molecule has 1 N–H and O–H groups in total. The minimum absolute atomic E-state index is 0.0168. The molecule has 0 radical (unpaired) electrons. The van der Waals surface area contributed by atoms with E-state index in [0.717, 1.165) is 18.5 Å². The second-order valence-electron chi connectivity index (χ2n) is 7.72. The molecule has 0 spiro atoms. The summed E-state index contributed by atoms with van der Waals surface area (Å²) in [6.07, 6.45) is 2.66. The lowest BCUT2D eigenvalue weighted by atomic mass is 9.75. The van der Waals surface area contributed by atoms with E-state index < -0.39 is 17.7 Å². The van der Waals surface area contributed by atoms with Crippen molar-refractivity contribution >= 4 is 49.9 Å². The number of ketones is 1. The third-order valence-electron chi connectivity index (χ3n) is 5.54. The summed E-state index contributed by atoms with van der Waals surface area (Å²) in [5, 5.41) is 3.19. The van der Waals surface area contributed by atoms with Crippen molar-refractivity contribution in [2.45, 2.75) is 32.1 Å². The molecular formula is C25H21Br2F2NO4. The summed E-state index contributed by atoms with van der Waals surface area (Å²) >= 11 is 6.13. The number of Topliss-reactive ketones (excluding diaryl/α,β-unsaturated/α-hetero) is 1. The van der Waals surface area contributed by atoms with Crippen molar-refractivity contribution < 1.29 is 27.9 Å². The lowest BCUT2D eigenvalue weighted by Crippen LogP contribution is -2.34. The van der Waals surface area contributed by atoms with Crippen LogP contribution < -0.4 is 5.32 Å². The Bertz CT molecular complexity index is 1220. The minimum Gasteiger partial charge on any atom is -0.466 e. The van der Waals surface area contributed by atoms with E-state index in [0.29, 0.717) is 49.6 Å². The van der Waals surface area contributed by atoms with Crippen molar-refractivity contribution in [3.05, 3.63) is 90.6 Å². The van der Waals surface area contributed by atoms with Crippen LogP contribution >= 0.6 is 31.9 Å². The van der Waals surface area contributed by atoms with Crippen molar-refractivity contribution in [2.24, 2.45) is 0 Å². The maximum absolute atomic E-state index is 13.6. The molecular weight excluding hydrogens is 576 g/mol. The van der Waals surface area contributed by atoms with Gasteiger partial charge in [-0.3, -0.25) is 9.59 Å². The van der Waals surface area contributed by atoms with Crippen LogP contribution in [0.3, 0.4) is 0 Å². The highest BCUT2D eigenvalue weighted by Crippen LogP contribution is 2.43. The molecule has 2 aromatic carbocycles. The fourth-order valence-corrected chi connectivity index (χ4v) is 4.77. The average Bonchev–Trinajstić information content (AvgIpc) is 2.82. The van der Waals surface area contributed by atoms with E-state index >= 15 is 0 Å². The highest BCUT2D eigenvalue weighted by molar-refractivity contribution is 9.10. The number of rotatable bonds is 3. The van der Waals surface area contributed by atoms with E-state index in [1.54, 1.807) is 19.1 Å². The van der Waals surface area contributed by atoms with Gasteiger partial charge in [-0.2, -0.15) is 0 Å². The first kappa shape index (κ1) is 26.0. The molecule has 0 saturated carbocycles. The highest BCUT2D eigenvalue weighted by atomic mass is 79.9. The summed E-state index contributed by atoms with van der Waals surface area (Å²) in [5.74, 6) is -1.76. The predicted molar refractivity (Wildman–Crippen MR) is 130 cm³/mol. The van der Waals surface area contributed by atoms with Gasteiger partial charge in [-0.25, -0.2) is 13.6 Å². The van der Waals surface area contributed by atoms with E-state index in [2.05, 4.69) is 37.2 Å². The molecule has 9 heteroatoms. The molecule has 0 fully saturated rings. The highest BCUT2D eigenvalue weighted by Gasteiger charge is 2.39. The Morgan fingerprint density at radius 1 is 1.09 bits per heavy atom. The van der Waals surface area contributed by atoms with E-state index in [-0.39, 0.29) is 11.6 Å². The number of methoxy groups -OCH3 is 1. The number of carbonyl (C=O) groups excluding carboxylic acids is 3. The Hall–Kier alpha value is -2.65. The number of hydrogen-bond donors (Lipinski definition) is 1. The molecule has 0 bridgehead atoms. The Kier molecular flexibility index (Phi) is 8.54. The van der Waals surface area contributed by atoms with Crippen LogP contribution in [0.25, 0.3) is 0 Å². The van der Waals surface area contributed by atoms with Gasteiger partial charge >= 0.3 is 5.97 Å². The number of ether oxygens (including phenoxy) is 1. The molecule has 2 aromatic rings. The SMILES string of the molecule is COC(=O)C1=C(C)NC2=C(C(=O)CCC2)C1c1ccc(F)c(Br)c1.O=Cc1ccc(F)c(Br)c1. The van der Waals surface area contributed by atoms with Gasteiger partial charge in [0, 0.05) is 34.9 Å². The summed E-state index contributed by atoms with van der Waals surface area (Å²) in [4.78, 5) is 35.0. The quantitative estimate of drug-likeness (QED) is 0.341. The van der Waals surface area contributed by atoms with Crippen LogP contribution in [0.2, 0.25) is 0 Å². The van der Waals surface area contributed by atoms with Crippen LogP contribution in [-0.4, -0.2) is 25.1 Å². The number of halogens is 4. The largest absolute Gasteiger partial charge is 0.466 e. The molecule has 0 aromatic heterocycles. The predicted octanol–water partition coefficient (Wildman–Crippen LogP) is 6.13. The zero-order valence-corrected chi connectivity index (χ0v) is 21.6. The van der Waals surface area contributed by atoms with Crippen LogP contribution in [0.15, 0.2) is 67.9 Å². The van der Waals surface area contributed by atoms with E-state index in [9.17, 15) is 23.2 Å². The number of allylic oxidation sites excluding steroid dienone is 3. The monoisotopic (exact) mass is 595 g/mol. The van der Waals surface area contributed by atoms with Gasteiger partial charge in [0.05, 0.1) is 21.6 Å². The zero-order valence-electron chi connectivity index (χ0n) is 18.4. The Morgan fingerprint density at radius 2 is 1.74 bits per heavy atom. The van der Waals surface area contributed by atoms with Gasteiger partial charge in [-0.05, 0) is 87.5 Å². The summed E-state index contributed by atoms with van der Waals surface area (Å²) in [5.41, 5.74) is 3.65. The van der Waals surface area contributed by atoms with E-state index in [4.69, 9.17) is 4.74 Å². The number of hydrogen-bond acceptors (Lipinski definition) is 5. The number of carbonyl (C=O) groups is 3. The molecule has 1 atom stereocenters. The maximum atomic E-state index is 13.6. The smallest absolute Gasteiger partial charge is 0.336 e. The van der Waals surface area contributed by atoms with Gasteiger partial charge in [-0.15, -0.1) is 0 Å².